The molecule has 0 radical (unpaired) electrons. The Kier molecular flexibility index (Phi) is 4.90. The first kappa shape index (κ1) is 11.8. The molecule has 0 heterocycles. The zero-order valence-corrected chi connectivity index (χ0v) is 9.66. The van der Waals surface area contributed by atoms with E-state index in [0.29, 0.717) is 12.3 Å². The van der Waals surface area contributed by atoms with Crippen LogP contribution in [0.15, 0.2) is 24.3 Å². The van der Waals surface area contributed by atoms with Crippen molar-refractivity contribution in [3.8, 4) is 6.07 Å². The van der Waals surface area contributed by atoms with E-state index in [1.54, 1.807) is 0 Å². The zero-order valence-electron chi connectivity index (χ0n) is 9.66. The van der Waals surface area contributed by atoms with Crippen molar-refractivity contribution in [2.24, 2.45) is 5.92 Å². The predicted octanol–water partition coefficient (Wildman–Crippen LogP) is 3.73. The van der Waals surface area contributed by atoms with Crippen LogP contribution in [0, 0.1) is 17.2 Å². The third-order valence-corrected chi connectivity index (χ3v) is 2.59. The SMILES string of the molecule is CCCc1ccc(CC(C)CC#N)cc1. The van der Waals surface area contributed by atoms with Crippen LogP contribution in [0.1, 0.15) is 37.8 Å². The Bertz CT molecular complexity index is 318. The monoisotopic (exact) mass is 201 g/mol. The summed E-state index contributed by atoms with van der Waals surface area (Å²) < 4.78 is 0. The lowest BCUT2D eigenvalue weighted by molar-refractivity contribution is 0.596. The summed E-state index contributed by atoms with van der Waals surface area (Å²) in [5.74, 6) is 0.465. The standard InChI is InChI=1S/C14H19N/c1-3-4-13-5-7-14(8-6-13)11-12(2)9-10-15/h5-8,12H,3-4,9,11H2,1-2H3. The molecule has 1 unspecified atom stereocenters. The van der Waals surface area contributed by atoms with Crippen molar-refractivity contribution in [3.05, 3.63) is 35.4 Å². The van der Waals surface area contributed by atoms with E-state index >= 15 is 0 Å². The van der Waals surface area contributed by atoms with Crippen LogP contribution in [-0.2, 0) is 12.8 Å². The largest absolute Gasteiger partial charge is 0.198 e. The fourth-order valence-corrected chi connectivity index (χ4v) is 1.76. The highest BCUT2D eigenvalue weighted by molar-refractivity contribution is 5.23. The fraction of sp³-hybridized carbons (Fsp3) is 0.500. The van der Waals surface area contributed by atoms with E-state index in [-0.39, 0.29) is 0 Å². The van der Waals surface area contributed by atoms with Gasteiger partial charge in [0, 0.05) is 6.42 Å². The Morgan fingerprint density at radius 2 is 1.80 bits per heavy atom. The van der Waals surface area contributed by atoms with E-state index in [9.17, 15) is 0 Å². The van der Waals surface area contributed by atoms with E-state index in [1.165, 1.54) is 17.5 Å². The quantitative estimate of drug-likeness (QED) is 0.712. The second kappa shape index (κ2) is 6.24. The van der Waals surface area contributed by atoms with Crippen molar-refractivity contribution in [2.75, 3.05) is 0 Å². The van der Waals surface area contributed by atoms with Crippen molar-refractivity contribution < 1.29 is 0 Å². The molecule has 0 fully saturated rings. The summed E-state index contributed by atoms with van der Waals surface area (Å²) in [6.07, 6.45) is 4.02. The molecule has 0 spiro atoms. The molecule has 1 aromatic rings. The molecule has 0 bridgehead atoms. The minimum Gasteiger partial charge on any atom is -0.198 e. The van der Waals surface area contributed by atoms with Gasteiger partial charge in [0.05, 0.1) is 6.07 Å². The number of rotatable bonds is 5. The molecule has 0 aliphatic rings. The molecule has 1 aromatic carbocycles. The first-order valence-electron chi connectivity index (χ1n) is 5.71. The Hall–Kier alpha value is -1.29. The van der Waals surface area contributed by atoms with Gasteiger partial charge in [0.2, 0.25) is 0 Å². The van der Waals surface area contributed by atoms with E-state index in [1.807, 2.05) is 0 Å². The lowest BCUT2D eigenvalue weighted by Crippen LogP contribution is -1.98. The second-order valence-electron chi connectivity index (χ2n) is 4.24. The van der Waals surface area contributed by atoms with Crippen LogP contribution in [-0.4, -0.2) is 0 Å². The van der Waals surface area contributed by atoms with Gasteiger partial charge in [-0.05, 0) is 29.9 Å². The lowest BCUT2D eigenvalue weighted by Gasteiger charge is -2.07. The molecule has 1 rings (SSSR count). The summed E-state index contributed by atoms with van der Waals surface area (Å²) in [7, 11) is 0. The Morgan fingerprint density at radius 1 is 1.20 bits per heavy atom. The molecule has 0 saturated heterocycles. The number of aryl methyl sites for hydroxylation is 1. The molecule has 1 heteroatoms. The van der Waals surface area contributed by atoms with Gasteiger partial charge in [0.1, 0.15) is 0 Å². The average Bonchev–Trinajstić information content (AvgIpc) is 2.22. The van der Waals surface area contributed by atoms with Crippen LogP contribution < -0.4 is 0 Å². The van der Waals surface area contributed by atoms with Gasteiger partial charge >= 0.3 is 0 Å². The maximum atomic E-state index is 8.58. The highest BCUT2D eigenvalue weighted by atomic mass is 14.2. The molecule has 80 valence electrons. The van der Waals surface area contributed by atoms with Crippen molar-refractivity contribution in [3.63, 3.8) is 0 Å². The smallest absolute Gasteiger partial charge is 0.0624 e. The first-order chi connectivity index (χ1) is 7.26. The van der Waals surface area contributed by atoms with Crippen molar-refractivity contribution in [1.29, 1.82) is 5.26 Å². The van der Waals surface area contributed by atoms with Crippen LogP contribution >= 0.6 is 0 Å². The third-order valence-electron chi connectivity index (χ3n) is 2.59. The topological polar surface area (TPSA) is 23.8 Å². The van der Waals surface area contributed by atoms with Gasteiger partial charge in [-0.25, -0.2) is 0 Å². The van der Waals surface area contributed by atoms with Gasteiger partial charge in [-0.3, -0.25) is 0 Å². The molecule has 0 aliphatic carbocycles. The van der Waals surface area contributed by atoms with Crippen LogP contribution in [0.3, 0.4) is 0 Å². The van der Waals surface area contributed by atoms with E-state index < -0.39 is 0 Å². The molecule has 15 heavy (non-hydrogen) atoms. The Morgan fingerprint density at radius 3 is 2.33 bits per heavy atom. The highest BCUT2D eigenvalue weighted by Gasteiger charge is 2.02. The van der Waals surface area contributed by atoms with Crippen molar-refractivity contribution in [2.45, 2.75) is 39.5 Å². The summed E-state index contributed by atoms with van der Waals surface area (Å²) in [5.41, 5.74) is 2.76. The number of hydrogen-bond acceptors (Lipinski definition) is 1. The minimum atomic E-state index is 0.465. The molecule has 0 saturated carbocycles. The molecule has 0 aromatic heterocycles. The summed E-state index contributed by atoms with van der Waals surface area (Å²) >= 11 is 0. The number of nitrogens with zero attached hydrogens (tertiary/aromatic N) is 1. The average molecular weight is 201 g/mol. The maximum absolute atomic E-state index is 8.58. The van der Waals surface area contributed by atoms with E-state index in [4.69, 9.17) is 5.26 Å². The Balaban J connectivity index is 2.53. The molecular weight excluding hydrogens is 182 g/mol. The van der Waals surface area contributed by atoms with Gasteiger partial charge in [0.15, 0.2) is 0 Å². The molecular formula is C14H19N. The zero-order chi connectivity index (χ0) is 11.1. The van der Waals surface area contributed by atoms with Gasteiger partial charge in [-0.1, -0.05) is 44.5 Å². The summed E-state index contributed by atoms with van der Waals surface area (Å²) in [5, 5.41) is 8.58. The minimum absolute atomic E-state index is 0.465. The third kappa shape index (κ3) is 4.16. The normalized spacial score (nSPS) is 12.1. The van der Waals surface area contributed by atoms with E-state index in [0.717, 1.165) is 12.8 Å². The Labute approximate surface area is 92.7 Å². The van der Waals surface area contributed by atoms with Gasteiger partial charge < -0.3 is 0 Å². The van der Waals surface area contributed by atoms with E-state index in [2.05, 4.69) is 44.2 Å². The number of hydrogen-bond donors (Lipinski definition) is 0. The van der Waals surface area contributed by atoms with Crippen LogP contribution in [0.25, 0.3) is 0 Å². The van der Waals surface area contributed by atoms with Crippen LogP contribution in [0.4, 0.5) is 0 Å². The van der Waals surface area contributed by atoms with Crippen LogP contribution in [0.5, 0.6) is 0 Å². The van der Waals surface area contributed by atoms with Gasteiger partial charge in [-0.2, -0.15) is 5.26 Å². The second-order valence-corrected chi connectivity index (χ2v) is 4.24. The lowest BCUT2D eigenvalue weighted by atomic mass is 9.97. The van der Waals surface area contributed by atoms with Crippen molar-refractivity contribution >= 4 is 0 Å². The molecule has 0 amide bonds. The van der Waals surface area contributed by atoms with Gasteiger partial charge in [0.25, 0.3) is 0 Å². The van der Waals surface area contributed by atoms with Gasteiger partial charge in [-0.15, -0.1) is 0 Å². The number of nitriles is 1. The summed E-state index contributed by atoms with van der Waals surface area (Å²) in [6.45, 7) is 4.33. The molecule has 1 atom stereocenters. The predicted molar refractivity (Wildman–Crippen MR) is 63.5 cm³/mol. The highest BCUT2D eigenvalue weighted by Crippen LogP contribution is 2.13. The molecule has 0 aliphatic heterocycles. The number of benzene rings is 1. The maximum Gasteiger partial charge on any atom is 0.0624 e. The molecule has 0 N–H and O–H groups in total. The molecule has 1 nitrogen and oxygen atoms in total. The van der Waals surface area contributed by atoms with Crippen molar-refractivity contribution in [1.82, 2.24) is 0 Å². The fourth-order valence-electron chi connectivity index (χ4n) is 1.76. The van der Waals surface area contributed by atoms with Crippen LogP contribution in [0.2, 0.25) is 0 Å². The summed E-state index contributed by atoms with van der Waals surface area (Å²) in [4.78, 5) is 0. The summed E-state index contributed by atoms with van der Waals surface area (Å²) in [6, 6.07) is 11.0. The first-order valence-corrected chi connectivity index (χ1v) is 5.71.